The fourth-order valence-electron chi connectivity index (χ4n) is 2.73. The summed E-state index contributed by atoms with van der Waals surface area (Å²) in [5.74, 6) is -1.51. The molecular formula is C22H18Cl2N2O5S. The predicted molar refractivity (Wildman–Crippen MR) is 124 cm³/mol. The molecule has 0 heterocycles. The number of ether oxygens (including phenoxy) is 1. The van der Waals surface area contributed by atoms with Crippen LogP contribution in [0.15, 0.2) is 77.7 Å². The van der Waals surface area contributed by atoms with E-state index >= 15 is 0 Å². The third-order valence-corrected chi connectivity index (χ3v) is 6.82. The molecular weight excluding hydrogens is 475 g/mol. The van der Waals surface area contributed by atoms with Crippen molar-refractivity contribution < 1.29 is 22.7 Å². The molecule has 1 amide bonds. The van der Waals surface area contributed by atoms with Crippen LogP contribution in [-0.4, -0.2) is 33.9 Å². The first-order chi connectivity index (χ1) is 15.2. The molecule has 0 saturated heterocycles. The van der Waals surface area contributed by atoms with Crippen LogP contribution in [0.5, 0.6) is 0 Å². The average Bonchev–Trinajstić information content (AvgIpc) is 2.80. The highest BCUT2D eigenvalue weighted by molar-refractivity contribution is 7.92. The quantitative estimate of drug-likeness (QED) is 0.485. The summed E-state index contributed by atoms with van der Waals surface area (Å²) in [5, 5.41) is 2.94. The van der Waals surface area contributed by atoms with Crippen LogP contribution in [-0.2, 0) is 19.6 Å². The van der Waals surface area contributed by atoms with Crippen molar-refractivity contribution >= 4 is 56.5 Å². The smallest absolute Gasteiger partial charge is 0.338 e. The van der Waals surface area contributed by atoms with Gasteiger partial charge in [-0.15, -0.1) is 0 Å². The van der Waals surface area contributed by atoms with E-state index in [-0.39, 0.29) is 26.2 Å². The summed E-state index contributed by atoms with van der Waals surface area (Å²) in [6.45, 7) is -0.610. The van der Waals surface area contributed by atoms with Gasteiger partial charge in [-0.25, -0.2) is 13.2 Å². The van der Waals surface area contributed by atoms with Crippen LogP contribution in [0, 0.1) is 0 Å². The number of anilines is 2. The highest BCUT2D eigenvalue weighted by Crippen LogP contribution is 2.29. The summed E-state index contributed by atoms with van der Waals surface area (Å²) in [4.78, 5) is 24.4. The molecule has 0 saturated carbocycles. The van der Waals surface area contributed by atoms with E-state index in [1.165, 1.54) is 31.3 Å². The number of para-hydroxylation sites is 2. The molecule has 166 valence electrons. The van der Waals surface area contributed by atoms with Gasteiger partial charge < -0.3 is 10.1 Å². The van der Waals surface area contributed by atoms with Gasteiger partial charge in [-0.05, 0) is 42.5 Å². The molecule has 7 nitrogen and oxygen atoms in total. The summed E-state index contributed by atoms with van der Waals surface area (Å²) in [6.07, 6.45) is 0. The molecule has 0 aliphatic heterocycles. The molecule has 0 aliphatic rings. The molecule has 0 unspecified atom stereocenters. The van der Waals surface area contributed by atoms with Crippen LogP contribution in [0.3, 0.4) is 0 Å². The third-order valence-electron chi connectivity index (χ3n) is 4.41. The summed E-state index contributed by atoms with van der Waals surface area (Å²) < 4.78 is 32.0. The molecule has 10 heteroatoms. The van der Waals surface area contributed by atoms with E-state index < -0.39 is 28.5 Å². The zero-order chi connectivity index (χ0) is 23.3. The normalized spacial score (nSPS) is 11.0. The van der Waals surface area contributed by atoms with E-state index in [0.29, 0.717) is 5.69 Å². The number of amides is 1. The Hall–Kier alpha value is -3.07. The number of hydrogen-bond acceptors (Lipinski definition) is 5. The molecule has 0 aliphatic carbocycles. The van der Waals surface area contributed by atoms with Crippen LogP contribution in [0.2, 0.25) is 10.0 Å². The highest BCUT2D eigenvalue weighted by Gasteiger charge is 2.23. The van der Waals surface area contributed by atoms with Crippen molar-refractivity contribution in [2.75, 3.05) is 23.3 Å². The second-order valence-corrected chi connectivity index (χ2v) is 9.34. The standard InChI is InChI=1S/C22H18Cl2N2O5S/c1-26(16-8-3-2-4-9-16)32(29,30)17-10-5-7-15(13-17)22(28)31-14-20(27)25-21-18(23)11-6-12-19(21)24/h2-13H,14H2,1H3,(H,25,27). The zero-order valence-electron chi connectivity index (χ0n) is 16.8. The molecule has 0 radical (unpaired) electrons. The van der Waals surface area contributed by atoms with Gasteiger partial charge in [0.05, 0.1) is 31.9 Å². The number of carbonyl (C=O) groups excluding carboxylic acids is 2. The molecule has 32 heavy (non-hydrogen) atoms. The maximum atomic E-state index is 12.9. The lowest BCUT2D eigenvalue weighted by Crippen LogP contribution is -2.26. The Morgan fingerprint density at radius 3 is 2.22 bits per heavy atom. The van der Waals surface area contributed by atoms with Gasteiger partial charge in [-0.1, -0.05) is 53.5 Å². The Morgan fingerprint density at radius 2 is 1.56 bits per heavy atom. The molecule has 1 N–H and O–H groups in total. The van der Waals surface area contributed by atoms with Crippen molar-refractivity contribution in [1.29, 1.82) is 0 Å². The minimum absolute atomic E-state index is 0.0175. The maximum Gasteiger partial charge on any atom is 0.338 e. The number of sulfonamides is 1. The number of benzene rings is 3. The van der Waals surface area contributed by atoms with E-state index in [2.05, 4.69) is 5.32 Å². The van der Waals surface area contributed by atoms with Crippen LogP contribution < -0.4 is 9.62 Å². The zero-order valence-corrected chi connectivity index (χ0v) is 19.1. The minimum atomic E-state index is -3.91. The Balaban J connectivity index is 1.69. The Bertz CT molecular complexity index is 1230. The van der Waals surface area contributed by atoms with Crippen molar-refractivity contribution in [2.24, 2.45) is 0 Å². The molecule has 0 aromatic heterocycles. The average molecular weight is 493 g/mol. The molecule has 0 fully saturated rings. The van der Waals surface area contributed by atoms with E-state index in [0.717, 1.165) is 4.31 Å². The van der Waals surface area contributed by atoms with E-state index in [1.807, 2.05) is 0 Å². The monoisotopic (exact) mass is 492 g/mol. The SMILES string of the molecule is CN(c1ccccc1)S(=O)(=O)c1cccc(C(=O)OCC(=O)Nc2c(Cl)cccc2Cl)c1. The summed E-state index contributed by atoms with van der Waals surface area (Å²) in [6, 6.07) is 18.6. The minimum Gasteiger partial charge on any atom is -0.452 e. The second kappa shape index (κ2) is 10.0. The first kappa shape index (κ1) is 23.6. The van der Waals surface area contributed by atoms with Crippen molar-refractivity contribution in [2.45, 2.75) is 4.90 Å². The number of hydrogen-bond donors (Lipinski definition) is 1. The van der Waals surface area contributed by atoms with Gasteiger partial charge in [0.25, 0.3) is 15.9 Å². The number of nitrogens with zero attached hydrogens (tertiary/aromatic N) is 1. The predicted octanol–water partition coefficient (Wildman–Crippen LogP) is 4.61. The Labute approximate surface area is 195 Å². The largest absolute Gasteiger partial charge is 0.452 e. The van der Waals surface area contributed by atoms with Crippen molar-refractivity contribution in [3.05, 3.63) is 88.4 Å². The van der Waals surface area contributed by atoms with E-state index in [1.54, 1.807) is 48.5 Å². The van der Waals surface area contributed by atoms with Gasteiger partial charge >= 0.3 is 5.97 Å². The first-order valence-corrected chi connectivity index (χ1v) is 11.4. The van der Waals surface area contributed by atoms with Crippen LogP contribution in [0.25, 0.3) is 0 Å². The Morgan fingerprint density at radius 1 is 0.938 bits per heavy atom. The lowest BCUT2D eigenvalue weighted by Gasteiger charge is -2.19. The number of nitrogens with one attached hydrogen (secondary N) is 1. The van der Waals surface area contributed by atoms with Gasteiger partial charge in [0, 0.05) is 7.05 Å². The van der Waals surface area contributed by atoms with Gasteiger partial charge in [-0.2, -0.15) is 0 Å². The molecule has 3 aromatic rings. The second-order valence-electron chi connectivity index (χ2n) is 6.56. The topological polar surface area (TPSA) is 92.8 Å². The molecule has 0 bridgehead atoms. The summed E-state index contributed by atoms with van der Waals surface area (Å²) in [7, 11) is -2.50. The molecule has 0 spiro atoms. The van der Waals surface area contributed by atoms with Gasteiger partial charge in [-0.3, -0.25) is 9.10 Å². The lowest BCUT2D eigenvalue weighted by molar-refractivity contribution is -0.119. The molecule has 3 rings (SSSR count). The van der Waals surface area contributed by atoms with E-state index in [4.69, 9.17) is 27.9 Å². The number of rotatable bonds is 7. The maximum absolute atomic E-state index is 12.9. The van der Waals surface area contributed by atoms with Crippen LogP contribution in [0.4, 0.5) is 11.4 Å². The lowest BCUT2D eigenvalue weighted by atomic mass is 10.2. The number of halogens is 2. The Kier molecular flexibility index (Phi) is 7.40. The van der Waals surface area contributed by atoms with Crippen molar-refractivity contribution in [3.63, 3.8) is 0 Å². The van der Waals surface area contributed by atoms with Crippen LogP contribution >= 0.6 is 23.2 Å². The fraction of sp³-hybridized carbons (Fsp3) is 0.0909. The summed E-state index contributed by atoms with van der Waals surface area (Å²) >= 11 is 12.0. The molecule has 3 aromatic carbocycles. The van der Waals surface area contributed by atoms with Crippen molar-refractivity contribution in [1.82, 2.24) is 0 Å². The van der Waals surface area contributed by atoms with E-state index in [9.17, 15) is 18.0 Å². The van der Waals surface area contributed by atoms with Crippen LogP contribution in [0.1, 0.15) is 10.4 Å². The highest BCUT2D eigenvalue weighted by atomic mass is 35.5. The van der Waals surface area contributed by atoms with Gasteiger partial charge in [0.1, 0.15) is 0 Å². The summed E-state index contributed by atoms with van der Waals surface area (Å²) in [5.41, 5.74) is 0.653. The van der Waals surface area contributed by atoms with Crippen molar-refractivity contribution in [3.8, 4) is 0 Å². The number of carbonyl (C=O) groups is 2. The van der Waals surface area contributed by atoms with Gasteiger partial charge in [0.2, 0.25) is 0 Å². The third kappa shape index (κ3) is 5.40. The van der Waals surface area contributed by atoms with Gasteiger partial charge in [0.15, 0.2) is 6.61 Å². The molecule has 0 atom stereocenters. The fourth-order valence-corrected chi connectivity index (χ4v) is 4.46. The first-order valence-electron chi connectivity index (χ1n) is 9.25. The number of esters is 1.